The average Bonchev–Trinajstić information content (AvgIpc) is 2.23. The number of halogens is 1. The van der Waals surface area contributed by atoms with Crippen molar-refractivity contribution in [3.63, 3.8) is 0 Å². The van der Waals surface area contributed by atoms with Crippen LogP contribution in [0.4, 0.5) is 4.39 Å². The van der Waals surface area contributed by atoms with Gasteiger partial charge in [-0.1, -0.05) is 19.1 Å². The topological polar surface area (TPSA) is 29.1 Å². The lowest BCUT2D eigenvalue weighted by atomic mass is 10.1. The molecule has 0 aliphatic heterocycles. The monoisotopic (exact) mass is 223 g/mol. The molecule has 1 N–H and O–H groups in total. The molecule has 0 atom stereocenters. The Bertz CT molecular complexity index is 365. The minimum atomic E-state index is -0.163. The zero-order chi connectivity index (χ0) is 12.1. The van der Waals surface area contributed by atoms with E-state index in [9.17, 15) is 9.18 Å². The predicted molar refractivity (Wildman–Crippen MR) is 62.6 cm³/mol. The second kappa shape index (κ2) is 5.64. The molecule has 1 aromatic rings. The number of amides is 1. The zero-order valence-corrected chi connectivity index (χ0v) is 10.1. The quantitative estimate of drug-likeness (QED) is 0.835. The first kappa shape index (κ1) is 12.7. The number of hydrogen-bond acceptors (Lipinski definition) is 1. The van der Waals surface area contributed by atoms with Crippen LogP contribution in [0.3, 0.4) is 0 Å². The van der Waals surface area contributed by atoms with E-state index in [0.29, 0.717) is 24.1 Å². The third-order valence-corrected chi connectivity index (χ3v) is 2.46. The van der Waals surface area contributed by atoms with E-state index in [-0.39, 0.29) is 11.7 Å². The highest BCUT2D eigenvalue weighted by atomic mass is 19.1. The number of rotatable bonds is 4. The lowest BCUT2D eigenvalue weighted by Crippen LogP contribution is -2.22. The maximum atomic E-state index is 13.3. The molecule has 0 aliphatic rings. The summed E-state index contributed by atoms with van der Waals surface area (Å²) in [5.41, 5.74) is 2.19. The van der Waals surface area contributed by atoms with Gasteiger partial charge in [-0.2, -0.15) is 0 Å². The van der Waals surface area contributed by atoms with Crippen molar-refractivity contribution >= 4 is 5.91 Å². The summed E-state index contributed by atoms with van der Waals surface area (Å²) in [6.07, 6.45) is 1.38. The van der Waals surface area contributed by atoms with Crippen LogP contribution in [-0.2, 0) is 11.3 Å². The van der Waals surface area contributed by atoms with Gasteiger partial charge in [-0.3, -0.25) is 4.79 Å². The number of aryl methyl sites for hydroxylation is 2. The smallest absolute Gasteiger partial charge is 0.220 e. The molecule has 0 aliphatic carbocycles. The first-order valence-corrected chi connectivity index (χ1v) is 5.57. The first-order valence-electron chi connectivity index (χ1n) is 5.57. The van der Waals surface area contributed by atoms with E-state index < -0.39 is 0 Å². The molecule has 88 valence electrons. The summed E-state index contributed by atoms with van der Waals surface area (Å²) >= 11 is 0. The summed E-state index contributed by atoms with van der Waals surface area (Å²) in [5.74, 6) is -0.120. The van der Waals surface area contributed by atoms with Gasteiger partial charge < -0.3 is 5.32 Å². The SMILES string of the molecule is CCCC(=O)NCc1cc(C)c(F)c(C)c1. The molecule has 2 nitrogen and oxygen atoms in total. The van der Waals surface area contributed by atoms with Gasteiger partial charge in [0, 0.05) is 13.0 Å². The van der Waals surface area contributed by atoms with E-state index in [1.165, 1.54) is 0 Å². The number of benzene rings is 1. The van der Waals surface area contributed by atoms with E-state index in [4.69, 9.17) is 0 Å². The average molecular weight is 223 g/mol. The molecular formula is C13H18FNO. The third-order valence-electron chi connectivity index (χ3n) is 2.46. The van der Waals surface area contributed by atoms with E-state index in [1.807, 2.05) is 6.92 Å². The van der Waals surface area contributed by atoms with Crippen LogP contribution in [0.2, 0.25) is 0 Å². The lowest BCUT2D eigenvalue weighted by molar-refractivity contribution is -0.121. The van der Waals surface area contributed by atoms with Crippen LogP contribution in [0.5, 0.6) is 0 Å². The van der Waals surface area contributed by atoms with Crippen LogP contribution in [0.15, 0.2) is 12.1 Å². The van der Waals surface area contributed by atoms with Gasteiger partial charge in [-0.15, -0.1) is 0 Å². The minimum Gasteiger partial charge on any atom is -0.352 e. The number of carbonyl (C=O) groups excluding carboxylic acids is 1. The van der Waals surface area contributed by atoms with Crippen molar-refractivity contribution in [2.45, 2.75) is 40.2 Å². The van der Waals surface area contributed by atoms with E-state index in [1.54, 1.807) is 26.0 Å². The fraction of sp³-hybridized carbons (Fsp3) is 0.462. The molecule has 0 radical (unpaired) electrons. The molecule has 16 heavy (non-hydrogen) atoms. The maximum Gasteiger partial charge on any atom is 0.220 e. The van der Waals surface area contributed by atoms with Crippen molar-refractivity contribution in [3.8, 4) is 0 Å². The zero-order valence-electron chi connectivity index (χ0n) is 10.1. The number of hydrogen-bond donors (Lipinski definition) is 1. The Morgan fingerprint density at radius 3 is 2.38 bits per heavy atom. The fourth-order valence-electron chi connectivity index (χ4n) is 1.65. The Morgan fingerprint density at radius 1 is 1.31 bits per heavy atom. The summed E-state index contributed by atoms with van der Waals surface area (Å²) in [6.45, 7) is 5.91. The molecular weight excluding hydrogens is 205 g/mol. The molecule has 0 aromatic heterocycles. The van der Waals surface area contributed by atoms with Crippen LogP contribution in [0.1, 0.15) is 36.5 Å². The molecule has 0 saturated heterocycles. The molecule has 0 saturated carbocycles. The standard InChI is InChI=1S/C13H18FNO/c1-4-5-12(16)15-8-11-6-9(2)13(14)10(3)7-11/h6-7H,4-5,8H2,1-3H3,(H,15,16). The Balaban J connectivity index is 2.65. The highest BCUT2D eigenvalue weighted by molar-refractivity contribution is 5.75. The highest BCUT2D eigenvalue weighted by Crippen LogP contribution is 2.14. The molecule has 0 heterocycles. The Hall–Kier alpha value is -1.38. The summed E-state index contributed by atoms with van der Waals surface area (Å²) in [4.78, 5) is 11.3. The van der Waals surface area contributed by atoms with Crippen molar-refractivity contribution in [1.29, 1.82) is 0 Å². The van der Waals surface area contributed by atoms with Crippen molar-refractivity contribution in [1.82, 2.24) is 5.32 Å². The molecule has 1 rings (SSSR count). The number of nitrogens with one attached hydrogen (secondary N) is 1. The highest BCUT2D eigenvalue weighted by Gasteiger charge is 2.05. The van der Waals surface area contributed by atoms with Gasteiger partial charge in [-0.05, 0) is 37.0 Å². The van der Waals surface area contributed by atoms with Crippen molar-refractivity contribution in [3.05, 3.63) is 34.6 Å². The van der Waals surface area contributed by atoms with Crippen LogP contribution in [0.25, 0.3) is 0 Å². The Labute approximate surface area is 95.9 Å². The van der Waals surface area contributed by atoms with Crippen molar-refractivity contribution in [2.24, 2.45) is 0 Å². The molecule has 1 aromatic carbocycles. The second-order valence-electron chi connectivity index (χ2n) is 4.07. The summed E-state index contributed by atoms with van der Waals surface area (Å²) in [5, 5.41) is 2.81. The van der Waals surface area contributed by atoms with Crippen LogP contribution in [-0.4, -0.2) is 5.91 Å². The van der Waals surface area contributed by atoms with E-state index >= 15 is 0 Å². The van der Waals surface area contributed by atoms with Gasteiger partial charge in [0.25, 0.3) is 0 Å². The summed E-state index contributed by atoms with van der Waals surface area (Å²) < 4.78 is 13.3. The molecule has 0 spiro atoms. The first-order chi connectivity index (χ1) is 7.54. The van der Waals surface area contributed by atoms with Gasteiger partial charge in [0.2, 0.25) is 5.91 Å². The normalized spacial score (nSPS) is 10.2. The maximum absolute atomic E-state index is 13.3. The Morgan fingerprint density at radius 2 is 1.88 bits per heavy atom. The van der Waals surface area contributed by atoms with Crippen LogP contribution >= 0.6 is 0 Å². The Kier molecular flexibility index (Phi) is 4.47. The van der Waals surface area contributed by atoms with Gasteiger partial charge in [0.1, 0.15) is 5.82 Å². The van der Waals surface area contributed by atoms with Crippen LogP contribution in [0, 0.1) is 19.7 Å². The molecule has 1 amide bonds. The molecule has 0 bridgehead atoms. The summed E-state index contributed by atoms with van der Waals surface area (Å²) in [6, 6.07) is 3.54. The molecule has 3 heteroatoms. The van der Waals surface area contributed by atoms with Gasteiger partial charge in [0.15, 0.2) is 0 Å². The third kappa shape index (κ3) is 3.33. The van der Waals surface area contributed by atoms with Gasteiger partial charge in [-0.25, -0.2) is 4.39 Å². The molecule has 0 fully saturated rings. The summed E-state index contributed by atoms with van der Waals surface area (Å²) in [7, 11) is 0. The van der Waals surface area contributed by atoms with Crippen molar-refractivity contribution in [2.75, 3.05) is 0 Å². The van der Waals surface area contributed by atoms with Crippen LogP contribution < -0.4 is 5.32 Å². The lowest BCUT2D eigenvalue weighted by Gasteiger charge is -2.08. The largest absolute Gasteiger partial charge is 0.352 e. The van der Waals surface area contributed by atoms with E-state index in [2.05, 4.69) is 5.32 Å². The predicted octanol–water partition coefficient (Wildman–Crippen LogP) is 2.86. The minimum absolute atomic E-state index is 0.0436. The van der Waals surface area contributed by atoms with Gasteiger partial charge in [0.05, 0.1) is 0 Å². The number of carbonyl (C=O) groups is 1. The van der Waals surface area contributed by atoms with E-state index in [0.717, 1.165) is 12.0 Å². The second-order valence-corrected chi connectivity index (χ2v) is 4.07. The van der Waals surface area contributed by atoms with Gasteiger partial charge >= 0.3 is 0 Å². The fourth-order valence-corrected chi connectivity index (χ4v) is 1.65. The van der Waals surface area contributed by atoms with Crippen molar-refractivity contribution < 1.29 is 9.18 Å². The molecule has 0 unspecified atom stereocenters.